The summed E-state index contributed by atoms with van der Waals surface area (Å²) in [6, 6.07) is 13.6. The van der Waals surface area contributed by atoms with E-state index in [1.54, 1.807) is 0 Å². The molecule has 4 nitrogen and oxygen atoms in total. The van der Waals surface area contributed by atoms with E-state index in [2.05, 4.69) is 18.0 Å². The van der Waals surface area contributed by atoms with E-state index in [-0.39, 0.29) is 11.9 Å². The van der Waals surface area contributed by atoms with E-state index in [0.29, 0.717) is 6.54 Å². The summed E-state index contributed by atoms with van der Waals surface area (Å²) in [4.78, 5) is 14.0. The van der Waals surface area contributed by atoms with Gasteiger partial charge in [0, 0.05) is 5.69 Å². The van der Waals surface area contributed by atoms with Gasteiger partial charge in [-0.15, -0.1) is 0 Å². The molecule has 0 saturated carbocycles. The van der Waals surface area contributed by atoms with Gasteiger partial charge in [-0.2, -0.15) is 0 Å². The number of nitrogens with one attached hydrogen (secondary N) is 1. The molecule has 0 radical (unpaired) electrons. The zero-order valence-electron chi connectivity index (χ0n) is 13.9. The first kappa shape index (κ1) is 16.6. The fourth-order valence-corrected chi connectivity index (χ4v) is 2.42. The lowest BCUT2D eigenvalue weighted by Gasteiger charge is -2.23. The van der Waals surface area contributed by atoms with Gasteiger partial charge < -0.3 is 11.1 Å². The third kappa shape index (κ3) is 4.61. The quantitative estimate of drug-likeness (QED) is 0.894. The lowest BCUT2D eigenvalue weighted by molar-refractivity contribution is 0.222. The first-order chi connectivity index (χ1) is 10.8. The Kier molecular flexibility index (Phi) is 5.06. The van der Waals surface area contributed by atoms with E-state index in [1.165, 1.54) is 10.5 Å². The van der Waals surface area contributed by atoms with E-state index < -0.39 is 0 Å². The summed E-state index contributed by atoms with van der Waals surface area (Å²) in [6.07, 6.45) is 0. The smallest absolute Gasteiger partial charge is 0.327 e. The molecule has 120 valence electrons. The number of amides is 2. The van der Waals surface area contributed by atoms with Crippen LogP contribution in [0, 0.1) is 20.8 Å². The Morgan fingerprint density at radius 1 is 1.04 bits per heavy atom. The molecule has 0 atom stereocenters. The summed E-state index contributed by atoms with van der Waals surface area (Å²) >= 11 is 0. The molecular formula is C19H23N3O. The summed E-state index contributed by atoms with van der Waals surface area (Å²) in [5.74, 6) is 0.215. The summed E-state index contributed by atoms with van der Waals surface area (Å²) < 4.78 is 0. The molecule has 0 aliphatic heterocycles. The van der Waals surface area contributed by atoms with Crippen LogP contribution in [0.25, 0.3) is 0 Å². The summed E-state index contributed by atoms with van der Waals surface area (Å²) in [5, 5.41) is 2.88. The highest BCUT2D eigenvalue weighted by Gasteiger charge is 2.16. The maximum absolute atomic E-state index is 12.5. The fourth-order valence-electron chi connectivity index (χ4n) is 2.42. The van der Waals surface area contributed by atoms with Crippen LogP contribution in [0.4, 0.5) is 10.5 Å². The third-order valence-electron chi connectivity index (χ3n) is 3.53. The Morgan fingerprint density at radius 3 is 2.13 bits per heavy atom. The van der Waals surface area contributed by atoms with E-state index in [1.807, 2.05) is 57.2 Å². The number of urea groups is 1. The molecule has 23 heavy (non-hydrogen) atoms. The van der Waals surface area contributed by atoms with Crippen molar-refractivity contribution in [3.8, 4) is 0 Å². The van der Waals surface area contributed by atoms with Gasteiger partial charge in [0.15, 0.2) is 0 Å². The molecule has 4 heteroatoms. The molecule has 0 aromatic heterocycles. The maximum atomic E-state index is 12.5. The molecule has 0 aliphatic rings. The number of benzene rings is 2. The van der Waals surface area contributed by atoms with Gasteiger partial charge in [0.1, 0.15) is 0 Å². The Morgan fingerprint density at radius 2 is 1.61 bits per heavy atom. The molecule has 2 rings (SSSR count). The number of rotatable bonds is 4. The number of anilines is 1. The number of carbonyl (C=O) groups is 1. The molecule has 2 aromatic carbocycles. The highest BCUT2D eigenvalue weighted by molar-refractivity contribution is 5.90. The van der Waals surface area contributed by atoms with Crippen LogP contribution in [0.5, 0.6) is 0 Å². The fraction of sp³-hybridized carbons (Fsp3) is 0.211. The molecule has 2 aromatic rings. The first-order valence-corrected chi connectivity index (χ1v) is 7.52. The molecule has 0 bridgehead atoms. The van der Waals surface area contributed by atoms with Gasteiger partial charge in [-0.1, -0.05) is 42.5 Å². The zero-order valence-corrected chi connectivity index (χ0v) is 13.9. The predicted octanol–water partition coefficient (Wildman–Crippen LogP) is 4.08. The van der Waals surface area contributed by atoms with Crippen molar-refractivity contribution in [3.05, 3.63) is 77.1 Å². The second-order valence-corrected chi connectivity index (χ2v) is 5.87. The van der Waals surface area contributed by atoms with E-state index in [0.717, 1.165) is 22.4 Å². The number of nitrogens with zero attached hydrogens (tertiary/aromatic N) is 1. The van der Waals surface area contributed by atoms with Gasteiger partial charge in [-0.05, 0) is 49.6 Å². The van der Waals surface area contributed by atoms with Gasteiger partial charge in [0.25, 0.3) is 0 Å². The minimum atomic E-state index is -0.289. The summed E-state index contributed by atoms with van der Waals surface area (Å²) in [6.45, 7) is 10.1. The Bertz CT molecular complexity index is 700. The van der Waals surface area contributed by atoms with Crippen molar-refractivity contribution in [3.63, 3.8) is 0 Å². The van der Waals surface area contributed by atoms with Gasteiger partial charge in [0.05, 0.1) is 12.4 Å². The van der Waals surface area contributed by atoms with Crippen LogP contribution in [0.15, 0.2) is 54.9 Å². The van der Waals surface area contributed by atoms with Crippen LogP contribution >= 0.6 is 0 Å². The van der Waals surface area contributed by atoms with Crippen molar-refractivity contribution in [2.75, 3.05) is 5.32 Å². The van der Waals surface area contributed by atoms with E-state index >= 15 is 0 Å². The molecule has 0 unspecified atom stereocenters. The van der Waals surface area contributed by atoms with Crippen molar-refractivity contribution >= 4 is 11.7 Å². The van der Waals surface area contributed by atoms with Crippen molar-refractivity contribution in [2.24, 2.45) is 5.73 Å². The number of carbonyl (C=O) groups excluding carboxylic acids is 1. The van der Waals surface area contributed by atoms with E-state index in [4.69, 9.17) is 5.73 Å². The zero-order chi connectivity index (χ0) is 17.0. The molecular weight excluding hydrogens is 286 g/mol. The van der Waals surface area contributed by atoms with Crippen molar-refractivity contribution in [1.82, 2.24) is 4.90 Å². The molecule has 0 spiro atoms. The van der Waals surface area contributed by atoms with Gasteiger partial charge in [0.2, 0.25) is 0 Å². The standard InChI is InChI=1S/C19H23N3O/c1-13-5-7-17(8-6-13)12-22(16(4)20)19(23)21-18-10-14(2)9-15(3)11-18/h5-11H,4,12,20H2,1-3H3,(H,21,23). The second kappa shape index (κ2) is 7.01. The summed E-state index contributed by atoms with van der Waals surface area (Å²) in [5.41, 5.74) is 10.9. The molecule has 0 saturated heterocycles. The molecule has 0 aliphatic carbocycles. The van der Waals surface area contributed by atoms with Crippen LogP contribution in [-0.4, -0.2) is 10.9 Å². The van der Waals surface area contributed by atoms with Crippen LogP contribution in [0.3, 0.4) is 0 Å². The maximum Gasteiger partial charge on any atom is 0.327 e. The summed E-state index contributed by atoms with van der Waals surface area (Å²) in [7, 11) is 0. The highest BCUT2D eigenvalue weighted by Crippen LogP contribution is 2.16. The monoisotopic (exact) mass is 309 g/mol. The first-order valence-electron chi connectivity index (χ1n) is 7.52. The number of hydrogen-bond donors (Lipinski definition) is 2. The molecule has 0 heterocycles. The Hall–Kier alpha value is -2.75. The van der Waals surface area contributed by atoms with E-state index in [9.17, 15) is 4.79 Å². The highest BCUT2D eigenvalue weighted by atomic mass is 16.2. The third-order valence-corrected chi connectivity index (χ3v) is 3.53. The average molecular weight is 309 g/mol. The normalized spacial score (nSPS) is 10.2. The lowest BCUT2D eigenvalue weighted by atomic mass is 10.1. The van der Waals surface area contributed by atoms with Crippen molar-refractivity contribution < 1.29 is 4.79 Å². The second-order valence-electron chi connectivity index (χ2n) is 5.87. The van der Waals surface area contributed by atoms with Crippen LogP contribution < -0.4 is 11.1 Å². The predicted molar refractivity (Wildman–Crippen MR) is 95.0 cm³/mol. The topological polar surface area (TPSA) is 58.4 Å². The molecule has 3 N–H and O–H groups in total. The van der Waals surface area contributed by atoms with Gasteiger partial charge >= 0.3 is 6.03 Å². The van der Waals surface area contributed by atoms with Crippen LogP contribution in [-0.2, 0) is 6.54 Å². The SMILES string of the molecule is C=C(N)N(Cc1ccc(C)cc1)C(=O)Nc1cc(C)cc(C)c1. The Labute approximate surface area is 137 Å². The largest absolute Gasteiger partial charge is 0.385 e. The molecule has 0 fully saturated rings. The van der Waals surface area contributed by atoms with Gasteiger partial charge in [-0.3, -0.25) is 4.90 Å². The van der Waals surface area contributed by atoms with Crippen molar-refractivity contribution in [2.45, 2.75) is 27.3 Å². The Balaban J connectivity index is 2.15. The van der Waals surface area contributed by atoms with Gasteiger partial charge in [-0.25, -0.2) is 4.79 Å². The average Bonchev–Trinajstić information content (AvgIpc) is 2.44. The minimum Gasteiger partial charge on any atom is -0.385 e. The van der Waals surface area contributed by atoms with Crippen LogP contribution in [0.1, 0.15) is 22.3 Å². The lowest BCUT2D eigenvalue weighted by Crippen LogP contribution is -2.36. The molecule has 2 amide bonds. The minimum absolute atomic E-state index is 0.215. The van der Waals surface area contributed by atoms with Crippen molar-refractivity contribution in [1.29, 1.82) is 0 Å². The number of hydrogen-bond acceptors (Lipinski definition) is 2. The number of aryl methyl sites for hydroxylation is 3. The van der Waals surface area contributed by atoms with Crippen LogP contribution in [0.2, 0.25) is 0 Å². The number of nitrogens with two attached hydrogens (primary N) is 1.